The number of carbonyl (C=O) groups is 1. The maximum atomic E-state index is 13.3. The van der Waals surface area contributed by atoms with Crippen molar-refractivity contribution < 1.29 is 9.18 Å². The Morgan fingerprint density at radius 1 is 1.50 bits per heavy atom. The molecule has 2 heterocycles. The summed E-state index contributed by atoms with van der Waals surface area (Å²) in [5.74, 6) is 0.529. The van der Waals surface area contributed by atoms with Gasteiger partial charge < -0.3 is 10.2 Å². The van der Waals surface area contributed by atoms with Gasteiger partial charge in [0.05, 0.1) is 11.8 Å². The summed E-state index contributed by atoms with van der Waals surface area (Å²) >= 11 is 0. The molecule has 20 heavy (non-hydrogen) atoms. The first-order chi connectivity index (χ1) is 9.65. The van der Waals surface area contributed by atoms with Crippen LogP contribution in [0.4, 0.5) is 10.2 Å². The summed E-state index contributed by atoms with van der Waals surface area (Å²) in [7, 11) is 1.69. The fourth-order valence-corrected chi connectivity index (χ4v) is 2.75. The number of hydrogen-bond donors (Lipinski definition) is 1. The summed E-state index contributed by atoms with van der Waals surface area (Å²) < 4.78 is 13.3. The van der Waals surface area contributed by atoms with E-state index in [0.717, 1.165) is 38.5 Å². The number of likely N-dealkylation sites (tertiary alicyclic amines) is 1. The lowest BCUT2D eigenvalue weighted by Crippen LogP contribution is -2.32. The number of nitrogens with one attached hydrogen (secondary N) is 1. The minimum absolute atomic E-state index is 0.127. The molecule has 1 aliphatic rings. The monoisotopic (exact) mass is 279 g/mol. The van der Waals surface area contributed by atoms with E-state index in [1.165, 1.54) is 12.5 Å². The van der Waals surface area contributed by atoms with Gasteiger partial charge in [0.25, 0.3) is 5.91 Å². The molecule has 1 unspecified atom stereocenters. The smallest absolute Gasteiger partial charge is 0.257 e. The van der Waals surface area contributed by atoms with E-state index in [2.05, 4.69) is 17.2 Å². The van der Waals surface area contributed by atoms with E-state index >= 15 is 0 Å². The summed E-state index contributed by atoms with van der Waals surface area (Å²) in [6.45, 7) is 3.68. The minimum Gasteiger partial charge on any atom is -0.372 e. The van der Waals surface area contributed by atoms with Crippen molar-refractivity contribution >= 4 is 11.7 Å². The van der Waals surface area contributed by atoms with E-state index in [4.69, 9.17) is 0 Å². The number of aromatic nitrogens is 1. The Labute approximate surface area is 119 Å². The molecule has 0 aliphatic carbocycles. The Morgan fingerprint density at radius 2 is 2.30 bits per heavy atom. The van der Waals surface area contributed by atoms with Crippen molar-refractivity contribution in [3.05, 3.63) is 23.6 Å². The first kappa shape index (κ1) is 14.8. The molecule has 1 fully saturated rings. The third kappa shape index (κ3) is 3.26. The zero-order valence-electron chi connectivity index (χ0n) is 12.2. The molecule has 1 N–H and O–H groups in total. The van der Waals surface area contributed by atoms with Crippen LogP contribution < -0.4 is 5.32 Å². The van der Waals surface area contributed by atoms with E-state index < -0.39 is 5.82 Å². The van der Waals surface area contributed by atoms with Crippen LogP contribution in [0, 0.1) is 11.7 Å². The quantitative estimate of drug-likeness (QED) is 0.925. The van der Waals surface area contributed by atoms with Crippen molar-refractivity contribution in [2.75, 3.05) is 25.5 Å². The molecule has 0 saturated carbocycles. The number of rotatable bonds is 3. The third-order valence-corrected chi connectivity index (χ3v) is 4.03. The van der Waals surface area contributed by atoms with Crippen molar-refractivity contribution in [2.24, 2.45) is 5.92 Å². The van der Waals surface area contributed by atoms with Gasteiger partial charge in [0.15, 0.2) is 0 Å². The lowest BCUT2D eigenvalue weighted by Gasteiger charge is -2.21. The predicted molar refractivity (Wildman–Crippen MR) is 77.3 cm³/mol. The Morgan fingerprint density at radius 3 is 3.00 bits per heavy atom. The molecule has 1 aliphatic heterocycles. The van der Waals surface area contributed by atoms with Crippen molar-refractivity contribution in [1.82, 2.24) is 9.88 Å². The van der Waals surface area contributed by atoms with Crippen LogP contribution >= 0.6 is 0 Å². The molecule has 0 spiro atoms. The van der Waals surface area contributed by atoms with Gasteiger partial charge in [0.2, 0.25) is 0 Å². The molecule has 1 atom stereocenters. The summed E-state index contributed by atoms with van der Waals surface area (Å²) in [5.41, 5.74) is 0.322. The molecule has 110 valence electrons. The molecule has 1 amide bonds. The van der Waals surface area contributed by atoms with Crippen LogP contribution in [0.25, 0.3) is 0 Å². The Balaban J connectivity index is 2.16. The molecule has 0 bridgehead atoms. The fourth-order valence-electron chi connectivity index (χ4n) is 2.75. The third-order valence-electron chi connectivity index (χ3n) is 4.03. The SMILES string of the molecule is CCC1CCCN(C(=O)c2cc(F)cnc2NC)CC1. The first-order valence-electron chi connectivity index (χ1n) is 7.28. The predicted octanol–water partition coefficient (Wildman–Crippen LogP) is 2.91. The van der Waals surface area contributed by atoms with E-state index in [1.54, 1.807) is 7.05 Å². The topological polar surface area (TPSA) is 45.2 Å². The van der Waals surface area contributed by atoms with Gasteiger partial charge in [-0.15, -0.1) is 0 Å². The summed E-state index contributed by atoms with van der Waals surface area (Å²) in [4.78, 5) is 18.3. The number of carbonyl (C=O) groups excluding carboxylic acids is 1. The van der Waals surface area contributed by atoms with Gasteiger partial charge in [-0.05, 0) is 31.2 Å². The number of anilines is 1. The highest BCUT2D eigenvalue weighted by atomic mass is 19.1. The lowest BCUT2D eigenvalue weighted by atomic mass is 9.98. The summed E-state index contributed by atoms with van der Waals surface area (Å²) in [5, 5.41) is 2.85. The number of nitrogens with zero attached hydrogens (tertiary/aromatic N) is 2. The second-order valence-corrected chi connectivity index (χ2v) is 5.30. The average molecular weight is 279 g/mol. The van der Waals surface area contributed by atoms with Crippen LogP contribution in [0.1, 0.15) is 43.0 Å². The molecular formula is C15H22FN3O. The summed E-state index contributed by atoms with van der Waals surface area (Å²) in [6.07, 6.45) is 5.49. The van der Waals surface area contributed by atoms with E-state index in [9.17, 15) is 9.18 Å². The second-order valence-electron chi connectivity index (χ2n) is 5.30. The van der Waals surface area contributed by atoms with Crippen LogP contribution in [-0.4, -0.2) is 35.9 Å². The van der Waals surface area contributed by atoms with Crippen LogP contribution in [0.5, 0.6) is 0 Å². The van der Waals surface area contributed by atoms with Crippen molar-refractivity contribution in [3.8, 4) is 0 Å². The van der Waals surface area contributed by atoms with Crippen molar-refractivity contribution in [2.45, 2.75) is 32.6 Å². The van der Waals surface area contributed by atoms with Crippen LogP contribution in [0.2, 0.25) is 0 Å². The van der Waals surface area contributed by atoms with Crippen LogP contribution in [0.15, 0.2) is 12.3 Å². The van der Waals surface area contributed by atoms with E-state index in [-0.39, 0.29) is 5.91 Å². The Bertz CT molecular complexity index is 478. The first-order valence-corrected chi connectivity index (χ1v) is 7.28. The van der Waals surface area contributed by atoms with E-state index in [0.29, 0.717) is 17.3 Å². The normalized spacial score (nSPS) is 19.6. The van der Waals surface area contributed by atoms with Crippen LogP contribution in [0.3, 0.4) is 0 Å². The fraction of sp³-hybridized carbons (Fsp3) is 0.600. The zero-order chi connectivity index (χ0) is 14.5. The van der Waals surface area contributed by atoms with Gasteiger partial charge >= 0.3 is 0 Å². The Hall–Kier alpha value is -1.65. The molecule has 0 aromatic carbocycles. The highest BCUT2D eigenvalue weighted by Gasteiger charge is 2.23. The molecule has 0 radical (unpaired) electrons. The second kappa shape index (κ2) is 6.68. The molecular weight excluding hydrogens is 257 g/mol. The molecule has 1 aromatic rings. The number of pyridine rings is 1. The number of amides is 1. The molecule has 5 heteroatoms. The van der Waals surface area contributed by atoms with Gasteiger partial charge in [-0.3, -0.25) is 4.79 Å². The summed E-state index contributed by atoms with van der Waals surface area (Å²) in [6, 6.07) is 1.27. The maximum absolute atomic E-state index is 13.3. The van der Waals surface area contributed by atoms with Crippen molar-refractivity contribution in [1.29, 1.82) is 0 Å². The average Bonchev–Trinajstić information content (AvgIpc) is 2.71. The molecule has 4 nitrogen and oxygen atoms in total. The zero-order valence-corrected chi connectivity index (χ0v) is 12.2. The van der Waals surface area contributed by atoms with Gasteiger partial charge in [-0.1, -0.05) is 13.3 Å². The maximum Gasteiger partial charge on any atom is 0.257 e. The highest BCUT2D eigenvalue weighted by Crippen LogP contribution is 2.23. The van der Waals surface area contributed by atoms with Crippen molar-refractivity contribution in [3.63, 3.8) is 0 Å². The molecule has 2 rings (SSSR count). The standard InChI is InChI=1S/C15H22FN3O/c1-3-11-5-4-7-19(8-6-11)15(20)13-9-12(16)10-18-14(13)17-2/h9-11H,3-8H2,1-2H3,(H,17,18). The lowest BCUT2D eigenvalue weighted by molar-refractivity contribution is 0.0760. The minimum atomic E-state index is -0.478. The molecule has 1 saturated heterocycles. The van der Waals surface area contributed by atoms with Gasteiger partial charge in [0.1, 0.15) is 11.6 Å². The van der Waals surface area contributed by atoms with Gasteiger partial charge in [-0.2, -0.15) is 0 Å². The Kier molecular flexibility index (Phi) is 4.93. The number of halogens is 1. The van der Waals surface area contributed by atoms with Gasteiger partial charge in [-0.25, -0.2) is 9.37 Å². The van der Waals surface area contributed by atoms with E-state index in [1.807, 2.05) is 4.90 Å². The van der Waals surface area contributed by atoms with Crippen LogP contribution in [-0.2, 0) is 0 Å². The van der Waals surface area contributed by atoms with Gasteiger partial charge in [0, 0.05) is 20.1 Å². The highest BCUT2D eigenvalue weighted by molar-refractivity contribution is 5.98. The molecule has 1 aromatic heterocycles. The largest absolute Gasteiger partial charge is 0.372 e. The number of hydrogen-bond acceptors (Lipinski definition) is 3.